The fraction of sp³-hybridized carbons (Fsp3) is 0.316. The van der Waals surface area contributed by atoms with Gasteiger partial charge in [0.2, 0.25) is 5.95 Å². The zero-order chi connectivity index (χ0) is 24.0. The third-order valence-corrected chi connectivity index (χ3v) is 7.31. The Balaban J connectivity index is 1.59. The minimum Gasteiger partial charge on any atom is -0.381 e. The summed E-state index contributed by atoms with van der Waals surface area (Å²) in [7, 11) is -3.92. The largest absolute Gasteiger partial charge is 0.433 e. The highest BCUT2D eigenvalue weighted by molar-refractivity contribution is 7.86. The highest BCUT2D eigenvalue weighted by atomic mass is 32.2. The van der Waals surface area contributed by atoms with Crippen molar-refractivity contribution in [3.63, 3.8) is 0 Å². The number of nitrogens with two attached hydrogens (primary N) is 1. The van der Waals surface area contributed by atoms with Crippen LogP contribution in [0.15, 0.2) is 36.7 Å². The number of thiazole rings is 1. The van der Waals surface area contributed by atoms with Crippen molar-refractivity contribution in [2.75, 3.05) is 18.4 Å². The lowest BCUT2D eigenvalue weighted by atomic mass is 10.1. The van der Waals surface area contributed by atoms with Crippen molar-refractivity contribution in [1.82, 2.24) is 19.3 Å². The molecular formula is C19H19F3N6O3S2. The second kappa shape index (κ2) is 8.29. The Kier molecular flexibility index (Phi) is 5.90. The highest BCUT2D eigenvalue weighted by Crippen LogP contribution is 2.39. The van der Waals surface area contributed by atoms with Crippen LogP contribution in [0.1, 0.15) is 22.7 Å². The van der Waals surface area contributed by atoms with Crippen molar-refractivity contribution in [2.24, 2.45) is 5.14 Å². The summed E-state index contributed by atoms with van der Waals surface area (Å²) in [5.41, 5.74) is -0.515. The molecule has 3 heterocycles. The van der Waals surface area contributed by atoms with Gasteiger partial charge >= 0.3 is 6.18 Å². The van der Waals surface area contributed by atoms with Crippen molar-refractivity contribution >= 4 is 33.2 Å². The number of nitrogens with one attached hydrogen (secondary N) is 1. The molecule has 1 aliphatic rings. The molecule has 1 fully saturated rings. The Morgan fingerprint density at radius 3 is 2.70 bits per heavy atom. The van der Waals surface area contributed by atoms with Gasteiger partial charge < -0.3 is 10.4 Å². The van der Waals surface area contributed by atoms with Crippen LogP contribution in [-0.2, 0) is 22.0 Å². The molecular weight excluding hydrogens is 481 g/mol. The third kappa shape index (κ3) is 5.14. The first-order valence-electron chi connectivity index (χ1n) is 9.59. The fourth-order valence-corrected chi connectivity index (χ4v) is 5.23. The topological polar surface area (TPSA) is 134 Å². The minimum atomic E-state index is -4.59. The average Bonchev–Trinajstić information content (AvgIpc) is 3.35. The van der Waals surface area contributed by atoms with Crippen molar-refractivity contribution in [3.05, 3.63) is 52.9 Å². The molecule has 9 nitrogen and oxygen atoms in total. The van der Waals surface area contributed by atoms with Gasteiger partial charge in [-0.1, -0.05) is 6.07 Å². The molecule has 1 aromatic carbocycles. The minimum absolute atomic E-state index is 0.0831. The molecule has 0 aliphatic carbocycles. The van der Waals surface area contributed by atoms with Crippen molar-refractivity contribution in [3.8, 4) is 10.4 Å². The first kappa shape index (κ1) is 23.5. The van der Waals surface area contributed by atoms with Gasteiger partial charge in [-0.2, -0.15) is 25.9 Å². The van der Waals surface area contributed by atoms with Crippen LogP contribution in [0, 0.1) is 6.92 Å². The van der Waals surface area contributed by atoms with Crippen LogP contribution in [0.25, 0.3) is 10.4 Å². The number of aliphatic hydroxyl groups is 1. The molecule has 0 spiro atoms. The van der Waals surface area contributed by atoms with Crippen LogP contribution >= 0.6 is 11.3 Å². The van der Waals surface area contributed by atoms with Crippen LogP contribution in [0.2, 0.25) is 0 Å². The van der Waals surface area contributed by atoms with E-state index in [1.54, 1.807) is 18.3 Å². The van der Waals surface area contributed by atoms with Crippen molar-refractivity contribution < 1.29 is 26.7 Å². The van der Waals surface area contributed by atoms with E-state index in [0.717, 1.165) is 22.1 Å². The lowest BCUT2D eigenvalue weighted by Crippen LogP contribution is -2.38. The number of alkyl halides is 3. The van der Waals surface area contributed by atoms with E-state index in [1.165, 1.54) is 11.3 Å². The molecule has 4 rings (SSSR count). The van der Waals surface area contributed by atoms with Gasteiger partial charge in [0.05, 0.1) is 11.4 Å². The predicted molar refractivity (Wildman–Crippen MR) is 116 cm³/mol. The summed E-state index contributed by atoms with van der Waals surface area (Å²) in [6.07, 6.45) is -1.85. The van der Waals surface area contributed by atoms with Crippen LogP contribution < -0.4 is 10.5 Å². The van der Waals surface area contributed by atoms with Crippen LogP contribution in [0.3, 0.4) is 0 Å². The van der Waals surface area contributed by atoms with Crippen LogP contribution in [-0.4, -0.2) is 45.9 Å². The summed E-state index contributed by atoms with van der Waals surface area (Å²) in [6.45, 7) is 1.71. The number of β-amino-alcohol motifs (C(OH)–C–C–N with tert-alkyl or cyclic N) is 1. The smallest absolute Gasteiger partial charge is 0.381 e. The summed E-state index contributed by atoms with van der Waals surface area (Å²) in [5, 5.41) is 19.2. The Morgan fingerprint density at radius 2 is 2.03 bits per heavy atom. The van der Waals surface area contributed by atoms with Crippen molar-refractivity contribution in [1.29, 1.82) is 0 Å². The number of aryl methyl sites for hydroxylation is 1. The molecule has 1 aliphatic heterocycles. The lowest BCUT2D eigenvalue weighted by molar-refractivity contribution is -0.141. The Morgan fingerprint density at radius 1 is 1.27 bits per heavy atom. The molecule has 4 N–H and O–H groups in total. The lowest BCUT2D eigenvalue weighted by Gasteiger charge is -2.19. The first-order chi connectivity index (χ1) is 15.3. The molecule has 0 bridgehead atoms. The Bertz CT molecular complexity index is 1300. The maximum Gasteiger partial charge on any atom is 0.433 e. The maximum atomic E-state index is 12.9. The molecule has 1 saturated heterocycles. The summed E-state index contributed by atoms with van der Waals surface area (Å²) < 4.78 is 62.9. The molecule has 1 unspecified atom stereocenters. The number of benzene rings is 1. The zero-order valence-corrected chi connectivity index (χ0v) is 18.8. The zero-order valence-electron chi connectivity index (χ0n) is 17.2. The Hall–Kier alpha value is -2.65. The maximum absolute atomic E-state index is 12.9. The predicted octanol–water partition coefficient (Wildman–Crippen LogP) is 2.77. The second-order valence-electron chi connectivity index (χ2n) is 7.67. The van der Waals surface area contributed by atoms with Gasteiger partial charge in [0.15, 0.2) is 0 Å². The van der Waals surface area contributed by atoms with Gasteiger partial charge in [-0.15, -0.1) is 11.3 Å². The van der Waals surface area contributed by atoms with Gasteiger partial charge in [0, 0.05) is 24.6 Å². The van der Waals surface area contributed by atoms with E-state index in [4.69, 9.17) is 5.14 Å². The van der Waals surface area contributed by atoms with Crippen LogP contribution in [0.4, 0.5) is 24.8 Å². The molecule has 0 saturated carbocycles. The summed E-state index contributed by atoms with van der Waals surface area (Å²) in [6, 6.07) is 6.06. The van der Waals surface area contributed by atoms with Gasteiger partial charge in [-0.25, -0.2) is 20.1 Å². The van der Waals surface area contributed by atoms with E-state index < -0.39 is 27.7 Å². The molecule has 33 heavy (non-hydrogen) atoms. The number of anilines is 2. The molecule has 2 aromatic heterocycles. The summed E-state index contributed by atoms with van der Waals surface area (Å²) in [4.78, 5) is 12.3. The SMILES string of the molecule is Cc1cc(Nc2nccc(C(F)(F)F)n2)cc(-c2cnc(C3(O)CCN(S(N)(=O)=O)C3)s2)c1. The normalized spacial score (nSPS) is 19.7. The summed E-state index contributed by atoms with van der Waals surface area (Å²) >= 11 is 1.19. The molecule has 0 amide bonds. The van der Waals surface area contributed by atoms with E-state index >= 15 is 0 Å². The first-order valence-corrected chi connectivity index (χ1v) is 11.9. The van der Waals surface area contributed by atoms with E-state index in [-0.39, 0.29) is 25.5 Å². The quantitative estimate of drug-likeness (QED) is 0.490. The molecule has 14 heteroatoms. The fourth-order valence-electron chi connectivity index (χ4n) is 3.48. The van der Waals surface area contributed by atoms with Crippen molar-refractivity contribution in [2.45, 2.75) is 25.1 Å². The van der Waals surface area contributed by atoms with E-state index in [9.17, 15) is 26.7 Å². The monoisotopic (exact) mass is 500 g/mol. The Labute approximate surface area is 191 Å². The number of rotatable bonds is 5. The standard InChI is InChI=1S/C19H19F3N6O3S2/c1-11-6-12(8-13(7-11)26-17-24-4-2-15(27-17)19(20,21)22)14-9-25-16(32-14)18(29)3-5-28(10-18)33(23,30)31/h2,4,6-9,29H,3,5,10H2,1H3,(H2,23,30,31)(H,24,26,27). The number of halogens is 3. The second-order valence-corrected chi connectivity index (χ2v) is 10.2. The van der Waals surface area contributed by atoms with E-state index in [2.05, 4.69) is 20.3 Å². The number of aromatic nitrogens is 3. The molecule has 176 valence electrons. The third-order valence-electron chi connectivity index (χ3n) is 5.04. The van der Waals surface area contributed by atoms with Gasteiger partial charge in [0.1, 0.15) is 16.3 Å². The average molecular weight is 501 g/mol. The van der Waals surface area contributed by atoms with Crippen LogP contribution in [0.5, 0.6) is 0 Å². The number of hydrogen-bond donors (Lipinski definition) is 3. The molecule has 3 aromatic rings. The number of nitrogens with zero attached hydrogens (tertiary/aromatic N) is 4. The van der Waals surface area contributed by atoms with Gasteiger partial charge in [0.25, 0.3) is 10.2 Å². The van der Waals surface area contributed by atoms with E-state index in [1.807, 2.05) is 13.0 Å². The number of hydrogen-bond acceptors (Lipinski definition) is 8. The van der Waals surface area contributed by atoms with E-state index in [0.29, 0.717) is 21.1 Å². The summed E-state index contributed by atoms with van der Waals surface area (Å²) in [5.74, 6) is -0.199. The highest BCUT2D eigenvalue weighted by Gasteiger charge is 2.43. The van der Waals surface area contributed by atoms with Gasteiger partial charge in [-0.05, 0) is 42.7 Å². The van der Waals surface area contributed by atoms with Gasteiger partial charge in [-0.3, -0.25) is 0 Å². The molecule has 1 atom stereocenters. The molecule has 0 radical (unpaired) electrons.